The average Bonchev–Trinajstić information content (AvgIpc) is 3.35. The number of fused-ring (bicyclic) bond motifs is 5. The number of hydrogen-bond donors (Lipinski definition) is 1. The summed E-state index contributed by atoms with van der Waals surface area (Å²) < 4.78 is 12.2. The molecule has 3 heterocycles. The summed E-state index contributed by atoms with van der Waals surface area (Å²) in [4.78, 5) is 10.6. The van der Waals surface area contributed by atoms with E-state index in [9.17, 15) is 4.79 Å². The monoisotopic (exact) mass is 422 g/mol. The van der Waals surface area contributed by atoms with E-state index in [1.54, 1.807) is 0 Å². The van der Waals surface area contributed by atoms with Gasteiger partial charge in [-0.15, -0.1) is 0 Å². The summed E-state index contributed by atoms with van der Waals surface area (Å²) in [5.74, 6) is 3.85. The minimum absolute atomic E-state index is 0.308. The van der Waals surface area contributed by atoms with Crippen LogP contribution in [0.1, 0.15) is 77.0 Å². The zero-order chi connectivity index (χ0) is 20.1. The van der Waals surface area contributed by atoms with E-state index < -0.39 is 5.97 Å². The van der Waals surface area contributed by atoms with Gasteiger partial charge in [-0.3, -0.25) is 4.79 Å². The van der Waals surface area contributed by atoms with Crippen LogP contribution in [0.15, 0.2) is 12.2 Å². The van der Waals surface area contributed by atoms with Crippen molar-refractivity contribution in [1.29, 1.82) is 0 Å². The normalized spacial score (nSPS) is 36.0. The maximum atomic E-state index is 10.6. The summed E-state index contributed by atoms with van der Waals surface area (Å²) in [6, 6.07) is 0. The average molecular weight is 423 g/mol. The molecule has 5 heteroatoms. The van der Waals surface area contributed by atoms with Gasteiger partial charge in [-0.05, 0) is 36.9 Å². The Balaban J connectivity index is 1.13. The predicted octanol–water partition coefficient (Wildman–Crippen LogP) is 5.45. The number of allylic oxidation sites excluding steroid dienone is 1. The van der Waals surface area contributed by atoms with Crippen LogP contribution in [0.4, 0.5) is 0 Å². The molecule has 3 saturated heterocycles. The van der Waals surface area contributed by atoms with Gasteiger partial charge in [0.05, 0.1) is 12.2 Å². The highest BCUT2D eigenvalue weighted by atomic mass is 32.2. The summed E-state index contributed by atoms with van der Waals surface area (Å²) in [6.07, 6.45) is 20.4. The lowest BCUT2D eigenvalue weighted by Gasteiger charge is -2.25. The molecule has 4 aliphatic rings. The molecule has 6 atom stereocenters. The van der Waals surface area contributed by atoms with E-state index in [0.29, 0.717) is 42.7 Å². The van der Waals surface area contributed by atoms with Crippen molar-refractivity contribution in [2.75, 3.05) is 11.5 Å². The van der Waals surface area contributed by atoms with Gasteiger partial charge in [0.25, 0.3) is 0 Å². The van der Waals surface area contributed by atoms with Crippen LogP contribution in [0.2, 0.25) is 0 Å². The molecule has 0 aromatic rings. The Morgan fingerprint density at radius 2 is 1.62 bits per heavy atom. The van der Waals surface area contributed by atoms with Gasteiger partial charge in [-0.25, -0.2) is 0 Å². The van der Waals surface area contributed by atoms with Crippen LogP contribution < -0.4 is 0 Å². The van der Waals surface area contributed by atoms with Crippen molar-refractivity contribution in [2.45, 2.75) is 101 Å². The van der Waals surface area contributed by atoms with Crippen molar-refractivity contribution >= 4 is 17.7 Å². The number of unbranched alkanes of at least 4 members (excludes halogenated alkanes) is 3. The largest absolute Gasteiger partial charge is 0.481 e. The Kier molecular flexibility index (Phi) is 7.99. The van der Waals surface area contributed by atoms with E-state index in [4.69, 9.17) is 14.6 Å². The highest BCUT2D eigenvalue weighted by Gasteiger charge is 2.68. The molecule has 0 aromatic heterocycles. The minimum atomic E-state index is -0.673. The van der Waals surface area contributed by atoms with E-state index in [-0.39, 0.29) is 0 Å². The lowest BCUT2D eigenvalue weighted by Crippen LogP contribution is -2.34. The number of ether oxygens (including phenoxy) is 2. The lowest BCUT2D eigenvalue weighted by atomic mass is 9.77. The van der Waals surface area contributed by atoms with Crippen LogP contribution in [0.3, 0.4) is 0 Å². The van der Waals surface area contributed by atoms with Gasteiger partial charge < -0.3 is 14.6 Å². The predicted molar refractivity (Wildman–Crippen MR) is 117 cm³/mol. The van der Waals surface area contributed by atoms with E-state index in [0.717, 1.165) is 30.9 Å². The number of epoxide rings is 1. The van der Waals surface area contributed by atoms with E-state index in [2.05, 4.69) is 23.9 Å². The Bertz CT molecular complexity index is 559. The summed E-state index contributed by atoms with van der Waals surface area (Å²) >= 11 is 2.06. The smallest absolute Gasteiger partial charge is 0.303 e. The molecule has 0 spiro atoms. The first-order valence-corrected chi connectivity index (χ1v) is 13.1. The van der Waals surface area contributed by atoms with Crippen LogP contribution in [0.5, 0.6) is 0 Å². The first-order chi connectivity index (χ1) is 14.2. The van der Waals surface area contributed by atoms with Crippen molar-refractivity contribution in [1.82, 2.24) is 0 Å². The number of aliphatic carboxylic acids is 1. The van der Waals surface area contributed by atoms with Crippen molar-refractivity contribution in [3.8, 4) is 0 Å². The molecular formula is C24H38O4S. The van der Waals surface area contributed by atoms with Gasteiger partial charge in [-0.2, -0.15) is 11.8 Å². The van der Waals surface area contributed by atoms with E-state index in [1.165, 1.54) is 57.1 Å². The van der Waals surface area contributed by atoms with Crippen LogP contribution in [0.25, 0.3) is 0 Å². The molecule has 4 nitrogen and oxygen atoms in total. The van der Waals surface area contributed by atoms with Crippen LogP contribution in [-0.2, 0) is 14.3 Å². The van der Waals surface area contributed by atoms with Gasteiger partial charge in [-0.1, -0.05) is 63.5 Å². The van der Waals surface area contributed by atoms with Crippen molar-refractivity contribution in [3.05, 3.63) is 12.2 Å². The summed E-state index contributed by atoms with van der Waals surface area (Å²) in [7, 11) is 0. The third kappa shape index (κ3) is 5.80. The summed E-state index contributed by atoms with van der Waals surface area (Å²) in [5, 5.41) is 8.75. The number of carbonyl (C=O) groups is 1. The second-order valence-electron chi connectivity index (χ2n) is 9.55. The molecule has 0 amide bonds. The molecule has 0 aromatic carbocycles. The second kappa shape index (κ2) is 10.7. The third-order valence-corrected chi connectivity index (χ3v) is 8.53. The lowest BCUT2D eigenvalue weighted by molar-refractivity contribution is -0.137. The van der Waals surface area contributed by atoms with Crippen molar-refractivity contribution in [2.24, 2.45) is 17.8 Å². The van der Waals surface area contributed by atoms with Gasteiger partial charge in [0, 0.05) is 18.1 Å². The van der Waals surface area contributed by atoms with Crippen molar-refractivity contribution in [3.63, 3.8) is 0 Å². The first kappa shape index (κ1) is 21.7. The SMILES string of the molecule is O=C(O)CCCCCC[C@H]1[C@@H](CSCC=CCC2CCCCC2)[C@@H]2O[C@H]1[C@@H]1O[C@@H]12. The van der Waals surface area contributed by atoms with Gasteiger partial charge in [0.1, 0.15) is 12.2 Å². The molecule has 0 unspecified atom stereocenters. The van der Waals surface area contributed by atoms with Gasteiger partial charge in [0.15, 0.2) is 0 Å². The number of carboxylic acid groups (broad SMARTS) is 1. The van der Waals surface area contributed by atoms with Crippen LogP contribution in [-0.4, -0.2) is 47.0 Å². The molecular weight excluding hydrogens is 384 g/mol. The molecule has 3 aliphatic heterocycles. The molecule has 29 heavy (non-hydrogen) atoms. The minimum Gasteiger partial charge on any atom is -0.481 e. The molecule has 1 N–H and O–H groups in total. The zero-order valence-corrected chi connectivity index (χ0v) is 18.5. The highest BCUT2D eigenvalue weighted by Crippen LogP contribution is 2.55. The Labute approximate surface area is 180 Å². The second-order valence-corrected chi connectivity index (χ2v) is 10.6. The van der Waals surface area contributed by atoms with E-state index in [1.807, 2.05) is 0 Å². The Morgan fingerprint density at radius 3 is 2.41 bits per heavy atom. The molecule has 4 rings (SSSR count). The summed E-state index contributed by atoms with van der Waals surface area (Å²) in [5.41, 5.74) is 0. The number of carboxylic acids is 1. The molecule has 164 valence electrons. The number of rotatable bonds is 13. The topological polar surface area (TPSA) is 59.1 Å². The molecule has 1 aliphatic carbocycles. The number of hydrogen-bond acceptors (Lipinski definition) is 4. The fourth-order valence-electron chi connectivity index (χ4n) is 5.84. The number of thioether (sulfide) groups is 1. The van der Waals surface area contributed by atoms with Crippen molar-refractivity contribution < 1.29 is 19.4 Å². The Morgan fingerprint density at radius 1 is 0.897 bits per heavy atom. The van der Waals surface area contributed by atoms with Gasteiger partial charge >= 0.3 is 5.97 Å². The summed E-state index contributed by atoms with van der Waals surface area (Å²) in [6.45, 7) is 0. The van der Waals surface area contributed by atoms with Crippen LogP contribution in [0, 0.1) is 17.8 Å². The van der Waals surface area contributed by atoms with Gasteiger partial charge in [0.2, 0.25) is 0 Å². The molecule has 1 saturated carbocycles. The maximum Gasteiger partial charge on any atom is 0.303 e. The molecule has 4 fully saturated rings. The molecule has 0 radical (unpaired) electrons. The standard InChI is InChI=1S/C24H38O4S/c25-20(26)14-7-2-1-6-13-18-19(22-24-23(28-24)21(18)27-22)16-29-15-9-8-12-17-10-4-3-5-11-17/h8-9,17-19,21-24H,1-7,10-16H2,(H,25,26)/t18-,19+,21+,22-,23-,24+/m0/s1. The molecule has 2 bridgehead atoms. The highest BCUT2D eigenvalue weighted by molar-refractivity contribution is 7.99. The third-order valence-electron chi connectivity index (χ3n) is 7.48. The fraction of sp³-hybridized carbons (Fsp3) is 0.875. The maximum absolute atomic E-state index is 10.6. The fourth-order valence-corrected chi connectivity index (χ4v) is 6.95. The van der Waals surface area contributed by atoms with E-state index >= 15 is 0 Å². The van der Waals surface area contributed by atoms with Crippen LogP contribution >= 0.6 is 11.8 Å². The zero-order valence-electron chi connectivity index (χ0n) is 17.7. The quantitative estimate of drug-likeness (QED) is 0.243. The Hall–Kier alpha value is -0.520. The first-order valence-electron chi connectivity index (χ1n) is 12.0.